The van der Waals surface area contributed by atoms with Crippen molar-refractivity contribution in [3.63, 3.8) is 0 Å². The summed E-state index contributed by atoms with van der Waals surface area (Å²) in [5.41, 5.74) is 8.09. The topological polar surface area (TPSA) is 4.93 Å². The first kappa shape index (κ1) is 17.0. The standard InChI is InChI=1S/C24H21NS2/c1-15-12-13-17(14-16(15)2)23-22(18-8-4-5-9-19(18)25(23)3)24-26-20-10-6-7-11-21(20)27-24/h4-14,24H,1-3H3. The summed E-state index contributed by atoms with van der Waals surface area (Å²) >= 11 is 3.97. The van der Waals surface area contributed by atoms with Crippen LogP contribution in [0.2, 0.25) is 0 Å². The lowest BCUT2D eigenvalue weighted by Crippen LogP contribution is -1.96. The molecule has 2 heterocycles. The van der Waals surface area contributed by atoms with Gasteiger partial charge in [-0.3, -0.25) is 0 Å². The highest BCUT2D eigenvalue weighted by Gasteiger charge is 2.30. The van der Waals surface area contributed by atoms with E-state index in [0.717, 1.165) is 0 Å². The largest absolute Gasteiger partial charge is 0.343 e. The molecule has 27 heavy (non-hydrogen) atoms. The Morgan fingerprint density at radius 1 is 0.778 bits per heavy atom. The molecule has 0 fully saturated rings. The lowest BCUT2D eigenvalue weighted by atomic mass is 10.0. The number of nitrogens with zero attached hydrogens (tertiary/aromatic N) is 1. The van der Waals surface area contributed by atoms with Gasteiger partial charge in [-0.1, -0.05) is 42.5 Å². The summed E-state index contributed by atoms with van der Waals surface area (Å²) in [4.78, 5) is 2.79. The molecule has 0 spiro atoms. The van der Waals surface area contributed by atoms with Crippen LogP contribution in [0, 0.1) is 13.8 Å². The van der Waals surface area contributed by atoms with Gasteiger partial charge < -0.3 is 4.57 Å². The maximum Gasteiger partial charge on any atom is 0.0873 e. The van der Waals surface area contributed by atoms with Gasteiger partial charge in [-0.2, -0.15) is 0 Å². The van der Waals surface area contributed by atoms with Gasteiger partial charge >= 0.3 is 0 Å². The zero-order valence-electron chi connectivity index (χ0n) is 15.7. The van der Waals surface area contributed by atoms with E-state index in [9.17, 15) is 0 Å². The quantitative estimate of drug-likeness (QED) is 0.354. The second-order valence-corrected chi connectivity index (χ2v) is 9.74. The van der Waals surface area contributed by atoms with E-state index in [1.165, 1.54) is 48.6 Å². The van der Waals surface area contributed by atoms with Gasteiger partial charge in [0.1, 0.15) is 0 Å². The Hall–Kier alpha value is -2.10. The second kappa shape index (κ2) is 6.50. The minimum absolute atomic E-state index is 0.380. The molecule has 3 aromatic carbocycles. The first-order valence-electron chi connectivity index (χ1n) is 9.21. The second-order valence-electron chi connectivity index (χ2n) is 7.15. The molecule has 1 nitrogen and oxygen atoms in total. The van der Waals surface area contributed by atoms with Crippen LogP contribution in [0.25, 0.3) is 22.2 Å². The maximum atomic E-state index is 2.37. The first-order valence-corrected chi connectivity index (χ1v) is 11.0. The molecule has 0 aliphatic carbocycles. The highest BCUT2D eigenvalue weighted by molar-refractivity contribution is 8.19. The van der Waals surface area contributed by atoms with E-state index in [-0.39, 0.29) is 0 Å². The van der Waals surface area contributed by atoms with Gasteiger partial charge in [-0.15, -0.1) is 23.5 Å². The number of hydrogen-bond donors (Lipinski definition) is 0. The third kappa shape index (κ3) is 2.72. The first-order chi connectivity index (χ1) is 13.1. The van der Waals surface area contributed by atoms with Crippen LogP contribution in [0.1, 0.15) is 21.3 Å². The fourth-order valence-electron chi connectivity index (χ4n) is 3.92. The van der Waals surface area contributed by atoms with Crippen LogP contribution >= 0.6 is 23.5 Å². The monoisotopic (exact) mass is 387 g/mol. The molecule has 0 saturated heterocycles. The average Bonchev–Trinajstić information content (AvgIpc) is 3.23. The maximum absolute atomic E-state index is 2.37. The van der Waals surface area contributed by atoms with Gasteiger partial charge in [0.2, 0.25) is 0 Å². The molecule has 0 atom stereocenters. The third-order valence-corrected chi connectivity index (χ3v) is 8.31. The molecule has 1 aliphatic rings. The summed E-state index contributed by atoms with van der Waals surface area (Å²) in [6.45, 7) is 4.39. The molecule has 0 unspecified atom stereocenters. The van der Waals surface area contributed by atoms with Crippen molar-refractivity contribution in [2.24, 2.45) is 7.05 Å². The number of fused-ring (bicyclic) bond motifs is 2. The summed E-state index contributed by atoms with van der Waals surface area (Å²) in [7, 11) is 2.20. The number of thioether (sulfide) groups is 2. The van der Waals surface area contributed by atoms with E-state index in [0.29, 0.717) is 4.58 Å². The highest BCUT2D eigenvalue weighted by Crippen LogP contribution is 2.59. The molecule has 0 saturated carbocycles. The average molecular weight is 388 g/mol. The number of benzene rings is 3. The molecular formula is C24H21NS2. The lowest BCUT2D eigenvalue weighted by Gasteiger charge is -2.14. The fraction of sp³-hybridized carbons (Fsp3) is 0.167. The Bertz CT molecular complexity index is 1150. The number of hydrogen-bond acceptors (Lipinski definition) is 2. The number of aryl methyl sites for hydroxylation is 3. The van der Waals surface area contributed by atoms with Crippen molar-refractivity contribution in [1.29, 1.82) is 0 Å². The minimum atomic E-state index is 0.380. The molecule has 1 aliphatic heterocycles. The summed E-state index contributed by atoms with van der Waals surface area (Å²) in [5, 5.41) is 1.37. The smallest absolute Gasteiger partial charge is 0.0873 e. The molecular weight excluding hydrogens is 366 g/mol. The van der Waals surface area contributed by atoms with E-state index in [1.54, 1.807) is 0 Å². The molecule has 0 amide bonds. The number of para-hydroxylation sites is 1. The number of rotatable bonds is 2. The van der Waals surface area contributed by atoms with Crippen LogP contribution in [0.5, 0.6) is 0 Å². The van der Waals surface area contributed by atoms with Gasteiger partial charge in [-0.25, -0.2) is 0 Å². The van der Waals surface area contributed by atoms with Gasteiger partial charge in [0.25, 0.3) is 0 Å². The van der Waals surface area contributed by atoms with Crippen LogP contribution in [0.15, 0.2) is 76.5 Å². The van der Waals surface area contributed by atoms with E-state index >= 15 is 0 Å². The summed E-state index contributed by atoms with van der Waals surface area (Å²) in [6.07, 6.45) is 0. The van der Waals surface area contributed by atoms with Crippen molar-refractivity contribution in [3.8, 4) is 11.3 Å². The Kier molecular flexibility index (Phi) is 4.10. The van der Waals surface area contributed by atoms with Crippen molar-refractivity contribution in [2.75, 3.05) is 0 Å². The Morgan fingerprint density at radius 2 is 1.44 bits per heavy atom. The normalized spacial score (nSPS) is 14.0. The summed E-state index contributed by atoms with van der Waals surface area (Å²) in [5.74, 6) is 0. The molecule has 5 rings (SSSR count). The molecule has 0 bridgehead atoms. The van der Waals surface area contributed by atoms with E-state index in [2.05, 4.69) is 92.2 Å². The number of aromatic nitrogens is 1. The van der Waals surface area contributed by atoms with Crippen molar-refractivity contribution >= 4 is 34.4 Å². The van der Waals surface area contributed by atoms with Crippen LogP contribution in [-0.2, 0) is 7.05 Å². The van der Waals surface area contributed by atoms with Crippen LogP contribution < -0.4 is 0 Å². The molecule has 134 valence electrons. The van der Waals surface area contributed by atoms with Crippen molar-refractivity contribution < 1.29 is 0 Å². The Labute approximate surface area is 168 Å². The van der Waals surface area contributed by atoms with Gasteiger partial charge in [0.05, 0.1) is 10.3 Å². The van der Waals surface area contributed by atoms with Gasteiger partial charge in [0, 0.05) is 33.3 Å². The lowest BCUT2D eigenvalue weighted by molar-refractivity contribution is 0.971. The van der Waals surface area contributed by atoms with Crippen LogP contribution in [0.4, 0.5) is 0 Å². The van der Waals surface area contributed by atoms with Crippen LogP contribution in [0.3, 0.4) is 0 Å². The highest BCUT2D eigenvalue weighted by atomic mass is 32.2. The van der Waals surface area contributed by atoms with Crippen molar-refractivity contribution in [3.05, 3.63) is 83.4 Å². The van der Waals surface area contributed by atoms with Gasteiger partial charge in [-0.05, 0) is 54.8 Å². The third-order valence-electron chi connectivity index (χ3n) is 5.48. The molecule has 3 heteroatoms. The van der Waals surface area contributed by atoms with Crippen molar-refractivity contribution in [2.45, 2.75) is 28.2 Å². The minimum Gasteiger partial charge on any atom is -0.343 e. The van der Waals surface area contributed by atoms with Crippen molar-refractivity contribution in [1.82, 2.24) is 4.57 Å². The summed E-state index contributed by atoms with van der Waals surface area (Å²) < 4.78 is 2.75. The predicted octanol–water partition coefficient (Wildman–Crippen LogP) is 7.36. The molecule has 1 aromatic heterocycles. The molecule has 0 N–H and O–H groups in total. The van der Waals surface area contributed by atoms with E-state index in [1.807, 2.05) is 23.5 Å². The zero-order valence-corrected chi connectivity index (χ0v) is 17.3. The molecule has 4 aromatic rings. The van der Waals surface area contributed by atoms with Gasteiger partial charge in [0.15, 0.2) is 0 Å². The zero-order chi connectivity index (χ0) is 18.5. The molecule has 0 radical (unpaired) electrons. The van der Waals surface area contributed by atoms with E-state index < -0.39 is 0 Å². The fourth-order valence-corrected chi connectivity index (χ4v) is 6.88. The Morgan fingerprint density at radius 3 is 2.15 bits per heavy atom. The van der Waals surface area contributed by atoms with E-state index in [4.69, 9.17) is 0 Å². The summed E-state index contributed by atoms with van der Waals surface area (Å²) in [6, 6.07) is 24.4. The Balaban J connectivity index is 1.75. The predicted molar refractivity (Wildman–Crippen MR) is 119 cm³/mol. The van der Waals surface area contributed by atoms with Crippen LogP contribution in [-0.4, -0.2) is 4.57 Å². The SMILES string of the molecule is Cc1ccc(-c2c(C3Sc4ccccc4S3)c3ccccc3n2C)cc1C.